The Morgan fingerprint density at radius 3 is 2.20 bits per heavy atom. The normalized spacial score (nSPS) is 9.47. The van der Waals surface area contributed by atoms with E-state index < -0.39 is 5.97 Å². The molecule has 0 unspecified atom stereocenters. The van der Waals surface area contributed by atoms with Crippen LogP contribution in [0, 0.1) is 4.91 Å². The van der Waals surface area contributed by atoms with Gasteiger partial charge in [0.05, 0.1) is 19.8 Å². The van der Waals surface area contributed by atoms with Crippen molar-refractivity contribution in [3.63, 3.8) is 0 Å². The third kappa shape index (κ3) is 2.04. The van der Waals surface area contributed by atoms with E-state index in [1.54, 1.807) is 0 Å². The molecule has 15 heavy (non-hydrogen) atoms. The van der Waals surface area contributed by atoms with Crippen molar-refractivity contribution in [1.29, 1.82) is 0 Å². The van der Waals surface area contributed by atoms with Crippen molar-refractivity contribution in [1.82, 2.24) is 0 Å². The molecule has 0 radical (unpaired) electrons. The molecule has 0 aliphatic heterocycles. The second-order valence-corrected chi connectivity index (χ2v) is 2.62. The Labute approximate surface area is 85.4 Å². The lowest BCUT2D eigenvalue weighted by atomic mass is 10.1. The van der Waals surface area contributed by atoms with E-state index in [0.29, 0.717) is 0 Å². The SMILES string of the molecule is COc1cc(N=O)c(C(=O)O)cc1OC. The maximum Gasteiger partial charge on any atom is 0.338 e. The summed E-state index contributed by atoms with van der Waals surface area (Å²) < 4.78 is 9.79. The van der Waals surface area contributed by atoms with Gasteiger partial charge >= 0.3 is 5.97 Å². The van der Waals surface area contributed by atoms with Crippen molar-refractivity contribution in [2.75, 3.05) is 14.2 Å². The average Bonchev–Trinajstić information content (AvgIpc) is 2.26. The van der Waals surface area contributed by atoms with Crippen LogP contribution >= 0.6 is 0 Å². The number of aromatic carboxylic acids is 1. The monoisotopic (exact) mass is 211 g/mol. The van der Waals surface area contributed by atoms with Crippen LogP contribution in [0.2, 0.25) is 0 Å². The van der Waals surface area contributed by atoms with Crippen LogP contribution in [0.3, 0.4) is 0 Å². The molecule has 0 bridgehead atoms. The number of nitroso groups, excluding NO2 is 1. The molecule has 0 fully saturated rings. The molecule has 0 saturated carbocycles. The van der Waals surface area contributed by atoms with Crippen LogP contribution in [0.25, 0.3) is 0 Å². The molecule has 0 heterocycles. The fourth-order valence-corrected chi connectivity index (χ4v) is 1.12. The van der Waals surface area contributed by atoms with Crippen molar-refractivity contribution in [2.24, 2.45) is 5.18 Å². The van der Waals surface area contributed by atoms with Gasteiger partial charge in [-0.3, -0.25) is 0 Å². The van der Waals surface area contributed by atoms with E-state index in [2.05, 4.69) is 5.18 Å². The largest absolute Gasteiger partial charge is 0.493 e. The molecule has 0 aromatic heterocycles. The van der Waals surface area contributed by atoms with Gasteiger partial charge in [0, 0.05) is 12.1 Å². The number of methoxy groups -OCH3 is 2. The molecular formula is C9H9NO5. The Balaban J connectivity index is 3.40. The van der Waals surface area contributed by atoms with E-state index in [1.807, 2.05) is 0 Å². The Hall–Kier alpha value is -2.11. The lowest BCUT2D eigenvalue weighted by molar-refractivity contribution is 0.0697. The van der Waals surface area contributed by atoms with Gasteiger partial charge in [0.1, 0.15) is 5.69 Å². The fraction of sp³-hybridized carbons (Fsp3) is 0.222. The molecule has 0 amide bonds. The highest BCUT2D eigenvalue weighted by molar-refractivity contribution is 5.94. The van der Waals surface area contributed by atoms with Crippen LogP contribution in [-0.2, 0) is 0 Å². The molecule has 1 N–H and O–H groups in total. The standard InChI is InChI=1S/C9H9NO5/c1-14-7-3-5(9(11)12)6(10-13)4-8(7)15-2/h3-4H,1-2H3,(H,11,12). The summed E-state index contributed by atoms with van der Waals surface area (Å²) in [7, 11) is 2.75. The number of ether oxygens (including phenoxy) is 2. The first kappa shape index (κ1) is 11.0. The molecule has 80 valence electrons. The van der Waals surface area contributed by atoms with Crippen molar-refractivity contribution < 1.29 is 19.4 Å². The van der Waals surface area contributed by atoms with Gasteiger partial charge in [0.15, 0.2) is 11.5 Å². The topological polar surface area (TPSA) is 85.2 Å². The molecule has 6 heteroatoms. The van der Waals surface area contributed by atoms with Crippen LogP contribution in [0.15, 0.2) is 17.3 Å². The van der Waals surface area contributed by atoms with E-state index in [9.17, 15) is 9.70 Å². The van der Waals surface area contributed by atoms with E-state index in [0.717, 1.165) is 0 Å². The first-order valence-corrected chi connectivity index (χ1v) is 3.96. The van der Waals surface area contributed by atoms with E-state index in [-0.39, 0.29) is 22.7 Å². The Kier molecular flexibility index (Phi) is 3.22. The van der Waals surface area contributed by atoms with Crippen molar-refractivity contribution in [2.45, 2.75) is 0 Å². The zero-order valence-corrected chi connectivity index (χ0v) is 8.18. The molecule has 0 aliphatic carbocycles. The smallest absolute Gasteiger partial charge is 0.338 e. The van der Waals surface area contributed by atoms with Crippen molar-refractivity contribution in [3.05, 3.63) is 22.6 Å². The molecule has 1 aromatic carbocycles. The summed E-state index contributed by atoms with van der Waals surface area (Å²) in [6.07, 6.45) is 0. The molecule has 0 aliphatic rings. The number of carboxylic acid groups (broad SMARTS) is 1. The minimum atomic E-state index is -1.24. The summed E-state index contributed by atoms with van der Waals surface area (Å²) in [6.45, 7) is 0. The summed E-state index contributed by atoms with van der Waals surface area (Å²) in [5.74, 6) is -0.745. The van der Waals surface area contributed by atoms with Crippen LogP contribution in [0.5, 0.6) is 11.5 Å². The lowest BCUT2D eigenvalue weighted by Crippen LogP contribution is -1.99. The molecule has 1 aromatic rings. The van der Waals surface area contributed by atoms with E-state index in [1.165, 1.54) is 26.4 Å². The molecule has 0 atom stereocenters. The second kappa shape index (κ2) is 4.41. The number of nitrogens with zero attached hydrogens (tertiary/aromatic N) is 1. The molecule has 0 spiro atoms. The van der Waals surface area contributed by atoms with Gasteiger partial charge in [0.25, 0.3) is 0 Å². The zero-order chi connectivity index (χ0) is 11.4. The molecular weight excluding hydrogens is 202 g/mol. The van der Waals surface area contributed by atoms with Gasteiger partial charge in [-0.1, -0.05) is 0 Å². The van der Waals surface area contributed by atoms with E-state index >= 15 is 0 Å². The quantitative estimate of drug-likeness (QED) is 0.767. The highest BCUT2D eigenvalue weighted by atomic mass is 16.5. The first-order chi connectivity index (χ1) is 7.13. The van der Waals surface area contributed by atoms with Gasteiger partial charge in [-0.15, -0.1) is 4.91 Å². The van der Waals surface area contributed by atoms with Crippen LogP contribution < -0.4 is 9.47 Å². The highest BCUT2D eigenvalue weighted by Gasteiger charge is 2.16. The minimum absolute atomic E-state index is 0.194. The first-order valence-electron chi connectivity index (χ1n) is 3.96. The Morgan fingerprint density at radius 2 is 1.80 bits per heavy atom. The molecule has 1 rings (SSSR count). The number of benzene rings is 1. The Bertz CT molecular complexity index is 402. The van der Waals surface area contributed by atoms with Crippen LogP contribution in [0.4, 0.5) is 5.69 Å². The van der Waals surface area contributed by atoms with Crippen molar-refractivity contribution >= 4 is 11.7 Å². The van der Waals surface area contributed by atoms with Crippen LogP contribution in [0.1, 0.15) is 10.4 Å². The molecule has 6 nitrogen and oxygen atoms in total. The maximum absolute atomic E-state index is 10.8. The molecule has 0 saturated heterocycles. The predicted molar refractivity (Wildman–Crippen MR) is 52.0 cm³/mol. The second-order valence-electron chi connectivity index (χ2n) is 2.62. The maximum atomic E-state index is 10.8. The number of rotatable bonds is 4. The predicted octanol–water partition coefficient (Wildman–Crippen LogP) is 1.80. The van der Waals surface area contributed by atoms with Crippen LogP contribution in [-0.4, -0.2) is 25.3 Å². The summed E-state index contributed by atoms with van der Waals surface area (Å²) >= 11 is 0. The lowest BCUT2D eigenvalue weighted by Gasteiger charge is -2.08. The van der Waals surface area contributed by atoms with Gasteiger partial charge in [-0.2, -0.15) is 0 Å². The zero-order valence-electron chi connectivity index (χ0n) is 8.18. The summed E-state index contributed by atoms with van der Waals surface area (Å²) in [4.78, 5) is 21.1. The summed E-state index contributed by atoms with van der Waals surface area (Å²) in [5.41, 5.74) is -0.414. The number of carbonyl (C=O) groups is 1. The number of hydrogen-bond acceptors (Lipinski definition) is 5. The Morgan fingerprint density at radius 1 is 1.27 bits per heavy atom. The number of carboxylic acids is 1. The fourth-order valence-electron chi connectivity index (χ4n) is 1.12. The van der Waals surface area contributed by atoms with Gasteiger partial charge in [-0.05, 0) is 5.18 Å². The highest BCUT2D eigenvalue weighted by Crippen LogP contribution is 2.34. The third-order valence-electron chi connectivity index (χ3n) is 1.83. The van der Waals surface area contributed by atoms with E-state index in [4.69, 9.17) is 14.6 Å². The summed E-state index contributed by atoms with van der Waals surface area (Å²) in [6, 6.07) is 2.41. The van der Waals surface area contributed by atoms with Gasteiger partial charge in [-0.25, -0.2) is 4.79 Å². The number of hydrogen-bond donors (Lipinski definition) is 1. The third-order valence-corrected chi connectivity index (χ3v) is 1.83. The van der Waals surface area contributed by atoms with Gasteiger partial charge < -0.3 is 14.6 Å². The van der Waals surface area contributed by atoms with Crippen molar-refractivity contribution in [3.8, 4) is 11.5 Å². The van der Waals surface area contributed by atoms with Gasteiger partial charge in [0.2, 0.25) is 0 Å². The summed E-state index contributed by atoms with van der Waals surface area (Å²) in [5, 5.41) is 11.4. The average molecular weight is 211 g/mol. The minimum Gasteiger partial charge on any atom is -0.493 e.